The van der Waals surface area contributed by atoms with Crippen LogP contribution in [-0.2, 0) is 6.54 Å². The standard InChI is InChI=1S/C15H17N3O/c1-11-3-5-14(13(7-11)8-16)17-9-12-4-6-15(19-2)18-10-12/h3-8,10,16-17H,9H2,1-2H3. The molecule has 2 aromatic rings. The Morgan fingerprint density at radius 3 is 2.79 bits per heavy atom. The fraction of sp³-hybridized carbons (Fsp3) is 0.200. The molecule has 0 unspecified atom stereocenters. The van der Waals surface area contributed by atoms with E-state index in [0.717, 1.165) is 22.4 Å². The lowest BCUT2D eigenvalue weighted by Crippen LogP contribution is -2.03. The van der Waals surface area contributed by atoms with Gasteiger partial charge in [-0.25, -0.2) is 4.98 Å². The molecule has 1 aromatic carbocycles. The highest BCUT2D eigenvalue weighted by molar-refractivity contribution is 5.86. The molecule has 0 aliphatic rings. The summed E-state index contributed by atoms with van der Waals surface area (Å²) >= 11 is 0. The van der Waals surface area contributed by atoms with Crippen molar-refractivity contribution in [3.8, 4) is 5.88 Å². The molecule has 98 valence electrons. The molecule has 0 spiro atoms. The zero-order chi connectivity index (χ0) is 13.7. The highest BCUT2D eigenvalue weighted by Gasteiger charge is 2.01. The third-order valence-corrected chi connectivity index (χ3v) is 2.85. The van der Waals surface area contributed by atoms with Crippen LogP contribution in [0.1, 0.15) is 16.7 Å². The van der Waals surface area contributed by atoms with E-state index in [9.17, 15) is 0 Å². The second-order valence-electron chi connectivity index (χ2n) is 4.30. The van der Waals surface area contributed by atoms with E-state index in [1.165, 1.54) is 6.21 Å². The van der Waals surface area contributed by atoms with E-state index in [-0.39, 0.29) is 0 Å². The molecule has 2 N–H and O–H groups in total. The van der Waals surface area contributed by atoms with Crippen molar-refractivity contribution in [2.45, 2.75) is 13.5 Å². The predicted molar refractivity (Wildman–Crippen MR) is 77.2 cm³/mol. The molecule has 1 heterocycles. The normalized spacial score (nSPS) is 10.0. The molecular formula is C15H17N3O. The first-order chi connectivity index (χ1) is 9.22. The van der Waals surface area contributed by atoms with Gasteiger partial charge in [0.1, 0.15) is 0 Å². The van der Waals surface area contributed by atoms with Crippen molar-refractivity contribution < 1.29 is 4.74 Å². The first kappa shape index (κ1) is 13.1. The zero-order valence-corrected chi connectivity index (χ0v) is 11.1. The number of benzene rings is 1. The Balaban J connectivity index is 2.07. The van der Waals surface area contributed by atoms with Gasteiger partial charge in [0, 0.05) is 36.3 Å². The fourth-order valence-corrected chi connectivity index (χ4v) is 1.80. The van der Waals surface area contributed by atoms with Gasteiger partial charge < -0.3 is 15.5 Å². The van der Waals surface area contributed by atoms with Gasteiger partial charge in [-0.3, -0.25) is 0 Å². The average Bonchev–Trinajstić information content (AvgIpc) is 2.46. The Kier molecular flexibility index (Phi) is 4.13. The molecule has 0 atom stereocenters. The minimum Gasteiger partial charge on any atom is -0.481 e. The lowest BCUT2D eigenvalue weighted by atomic mass is 10.1. The highest BCUT2D eigenvalue weighted by Crippen LogP contribution is 2.16. The van der Waals surface area contributed by atoms with Crippen LogP contribution in [0.4, 0.5) is 5.69 Å². The van der Waals surface area contributed by atoms with Crippen molar-refractivity contribution in [2.75, 3.05) is 12.4 Å². The molecule has 0 saturated heterocycles. The van der Waals surface area contributed by atoms with Crippen LogP contribution in [0.5, 0.6) is 5.88 Å². The summed E-state index contributed by atoms with van der Waals surface area (Å²) in [6.07, 6.45) is 3.14. The van der Waals surface area contributed by atoms with Crippen LogP contribution in [0, 0.1) is 12.3 Å². The third-order valence-electron chi connectivity index (χ3n) is 2.85. The maximum Gasteiger partial charge on any atom is 0.212 e. The number of nitrogens with zero attached hydrogens (tertiary/aromatic N) is 1. The van der Waals surface area contributed by atoms with Crippen LogP contribution >= 0.6 is 0 Å². The number of methoxy groups -OCH3 is 1. The number of anilines is 1. The van der Waals surface area contributed by atoms with E-state index in [2.05, 4.69) is 10.3 Å². The number of hydrogen-bond donors (Lipinski definition) is 2. The number of ether oxygens (including phenoxy) is 1. The summed E-state index contributed by atoms with van der Waals surface area (Å²) in [5.74, 6) is 0.610. The molecule has 0 radical (unpaired) electrons. The number of pyridine rings is 1. The molecule has 0 amide bonds. The number of aromatic nitrogens is 1. The van der Waals surface area contributed by atoms with Gasteiger partial charge in [-0.2, -0.15) is 0 Å². The lowest BCUT2D eigenvalue weighted by molar-refractivity contribution is 0.397. The molecule has 0 fully saturated rings. The molecule has 0 saturated carbocycles. The molecule has 1 aromatic heterocycles. The summed E-state index contributed by atoms with van der Waals surface area (Å²) in [7, 11) is 1.60. The van der Waals surface area contributed by atoms with Gasteiger partial charge in [0.2, 0.25) is 5.88 Å². The van der Waals surface area contributed by atoms with E-state index in [0.29, 0.717) is 12.4 Å². The van der Waals surface area contributed by atoms with E-state index in [1.807, 2.05) is 37.3 Å². The van der Waals surface area contributed by atoms with Crippen molar-refractivity contribution in [3.63, 3.8) is 0 Å². The van der Waals surface area contributed by atoms with Crippen LogP contribution in [0.2, 0.25) is 0 Å². The van der Waals surface area contributed by atoms with Crippen molar-refractivity contribution in [3.05, 3.63) is 53.2 Å². The highest BCUT2D eigenvalue weighted by atomic mass is 16.5. The van der Waals surface area contributed by atoms with Crippen LogP contribution in [0.25, 0.3) is 0 Å². The maximum atomic E-state index is 7.42. The second kappa shape index (κ2) is 6.00. The second-order valence-corrected chi connectivity index (χ2v) is 4.30. The van der Waals surface area contributed by atoms with E-state index in [4.69, 9.17) is 10.1 Å². The van der Waals surface area contributed by atoms with Gasteiger partial charge in [0.25, 0.3) is 0 Å². The van der Waals surface area contributed by atoms with Gasteiger partial charge in [0.15, 0.2) is 0 Å². The third kappa shape index (κ3) is 3.31. The fourth-order valence-electron chi connectivity index (χ4n) is 1.80. The van der Waals surface area contributed by atoms with Gasteiger partial charge in [0.05, 0.1) is 7.11 Å². The maximum absolute atomic E-state index is 7.42. The molecule has 4 heteroatoms. The number of aryl methyl sites for hydroxylation is 1. The van der Waals surface area contributed by atoms with Crippen molar-refractivity contribution in [1.82, 2.24) is 4.98 Å². The average molecular weight is 255 g/mol. The predicted octanol–water partition coefficient (Wildman–Crippen LogP) is 3.01. The Bertz CT molecular complexity index is 564. The summed E-state index contributed by atoms with van der Waals surface area (Å²) in [6.45, 7) is 2.69. The van der Waals surface area contributed by atoms with E-state index < -0.39 is 0 Å². The topological polar surface area (TPSA) is 58.0 Å². The van der Waals surface area contributed by atoms with E-state index in [1.54, 1.807) is 13.3 Å². The first-order valence-corrected chi connectivity index (χ1v) is 6.07. The Labute approximate surface area is 113 Å². The molecule has 2 rings (SSSR count). The number of hydrogen-bond acceptors (Lipinski definition) is 4. The summed E-state index contributed by atoms with van der Waals surface area (Å²) < 4.78 is 5.02. The van der Waals surface area contributed by atoms with Gasteiger partial charge in [-0.05, 0) is 24.6 Å². The monoisotopic (exact) mass is 255 g/mol. The molecule has 0 bridgehead atoms. The van der Waals surface area contributed by atoms with Crippen LogP contribution in [0.15, 0.2) is 36.5 Å². The van der Waals surface area contributed by atoms with Gasteiger partial charge >= 0.3 is 0 Å². The smallest absolute Gasteiger partial charge is 0.212 e. The van der Waals surface area contributed by atoms with Gasteiger partial charge in [-0.15, -0.1) is 0 Å². The SMILES string of the molecule is COc1ccc(CNc2ccc(C)cc2C=N)cn1. The zero-order valence-electron chi connectivity index (χ0n) is 11.1. The van der Waals surface area contributed by atoms with Crippen molar-refractivity contribution in [1.29, 1.82) is 5.41 Å². The number of rotatable bonds is 5. The lowest BCUT2D eigenvalue weighted by Gasteiger charge is -2.10. The summed E-state index contributed by atoms with van der Waals surface area (Å²) in [4.78, 5) is 4.16. The van der Waals surface area contributed by atoms with Crippen LogP contribution < -0.4 is 10.1 Å². The van der Waals surface area contributed by atoms with Crippen molar-refractivity contribution >= 4 is 11.9 Å². The molecule has 0 aliphatic carbocycles. The molecule has 19 heavy (non-hydrogen) atoms. The quantitative estimate of drug-likeness (QED) is 0.807. The van der Waals surface area contributed by atoms with Gasteiger partial charge in [-0.1, -0.05) is 17.7 Å². The summed E-state index contributed by atoms with van der Waals surface area (Å²) in [6, 6.07) is 9.82. The summed E-state index contributed by atoms with van der Waals surface area (Å²) in [5.41, 5.74) is 4.06. The largest absolute Gasteiger partial charge is 0.481 e. The molecular weight excluding hydrogens is 238 g/mol. The number of nitrogens with one attached hydrogen (secondary N) is 2. The van der Waals surface area contributed by atoms with Crippen molar-refractivity contribution in [2.24, 2.45) is 0 Å². The molecule has 4 nitrogen and oxygen atoms in total. The van der Waals surface area contributed by atoms with E-state index >= 15 is 0 Å². The van der Waals surface area contributed by atoms with Crippen LogP contribution in [0.3, 0.4) is 0 Å². The minimum absolute atomic E-state index is 0.610. The first-order valence-electron chi connectivity index (χ1n) is 6.07. The summed E-state index contributed by atoms with van der Waals surface area (Å²) in [5, 5.41) is 10.7. The minimum atomic E-state index is 0.610. The molecule has 0 aliphatic heterocycles. The van der Waals surface area contributed by atoms with Crippen LogP contribution in [-0.4, -0.2) is 18.3 Å². The Hall–Kier alpha value is -2.36. The Morgan fingerprint density at radius 1 is 1.32 bits per heavy atom. The Morgan fingerprint density at radius 2 is 2.16 bits per heavy atom.